The fraction of sp³-hybridized carbons (Fsp3) is 0.800. The maximum absolute atomic E-state index is 8.37. The minimum Gasteiger partial charge on any atom is -0.371 e. The van der Waals surface area contributed by atoms with Crippen molar-refractivity contribution >= 4 is 11.6 Å². The lowest BCUT2D eigenvalue weighted by atomic mass is 10.3. The number of halogens is 1. The normalized spacial score (nSPS) is 10.3. The summed E-state index contributed by atoms with van der Waals surface area (Å²) in [5.41, 5.74) is 0.0295. The molecule has 0 fully saturated rings. The number of hydrogen-bond acceptors (Lipinski definition) is 1. The molecule has 0 spiro atoms. The SMILES string of the molecule is CCCC[C](O)Cl. The topological polar surface area (TPSA) is 20.2 Å². The summed E-state index contributed by atoms with van der Waals surface area (Å²) in [7, 11) is 0. The van der Waals surface area contributed by atoms with Gasteiger partial charge in [0.2, 0.25) is 0 Å². The van der Waals surface area contributed by atoms with Crippen LogP contribution in [0.5, 0.6) is 0 Å². The van der Waals surface area contributed by atoms with E-state index in [9.17, 15) is 0 Å². The summed E-state index contributed by atoms with van der Waals surface area (Å²) in [6.45, 7) is 2.06. The largest absolute Gasteiger partial charge is 0.371 e. The Morgan fingerprint density at radius 2 is 2.29 bits per heavy atom. The standard InChI is InChI=1S/C5H10ClO/c1-2-3-4-5(6)7/h7H,2-4H2,1H3. The third-order valence-corrected chi connectivity index (χ3v) is 0.926. The molecule has 1 radical (unpaired) electrons. The summed E-state index contributed by atoms with van der Waals surface area (Å²) in [5, 5.41) is 8.37. The van der Waals surface area contributed by atoms with Gasteiger partial charge in [-0.15, -0.1) is 0 Å². The van der Waals surface area contributed by atoms with Crippen LogP contribution < -0.4 is 0 Å². The molecule has 1 nitrogen and oxygen atoms in total. The lowest BCUT2D eigenvalue weighted by Crippen LogP contribution is -1.82. The molecule has 0 rings (SSSR count). The maximum Gasteiger partial charge on any atom is 0.181 e. The van der Waals surface area contributed by atoms with Crippen LogP contribution in [0.3, 0.4) is 0 Å². The van der Waals surface area contributed by atoms with Crippen molar-refractivity contribution in [3.05, 3.63) is 5.56 Å². The van der Waals surface area contributed by atoms with Crippen LogP contribution in [0.25, 0.3) is 0 Å². The van der Waals surface area contributed by atoms with Gasteiger partial charge in [-0.1, -0.05) is 24.9 Å². The number of aliphatic hydroxyl groups excluding tert-OH is 1. The molecule has 0 saturated carbocycles. The quantitative estimate of drug-likeness (QED) is 0.608. The van der Waals surface area contributed by atoms with Gasteiger partial charge in [0.25, 0.3) is 0 Å². The lowest BCUT2D eigenvalue weighted by Gasteiger charge is -1.94. The van der Waals surface area contributed by atoms with E-state index in [4.69, 9.17) is 16.7 Å². The van der Waals surface area contributed by atoms with Gasteiger partial charge >= 0.3 is 0 Å². The minimum absolute atomic E-state index is 0.0295. The third kappa shape index (κ3) is 6.25. The zero-order valence-corrected chi connectivity index (χ0v) is 5.20. The Morgan fingerprint density at radius 1 is 1.71 bits per heavy atom. The molecular formula is C5H10ClO. The molecule has 7 heavy (non-hydrogen) atoms. The van der Waals surface area contributed by atoms with E-state index >= 15 is 0 Å². The van der Waals surface area contributed by atoms with E-state index in [1.165, 1.54) is 0 Å². The molecule has 0 atom stereocenters. The van der Waals surface area contributed by atoms with Gasteiger partial charge in [-0.25, -0.2) is 0 Å². The van der Waals surface area contributed by atoms with Crippen LogP contribution >= 0.6 is 11.6 Å². The Hall–Kier alpha value is 0.250. The van der Waals surface area contributed by atoms with Gasteiger partial charge in [0.15, 0.2) is 5.56 Å². The summed E-state index contributed by atoms with van der Waals surface area (Å²) in [6.07, 6.45) is 2.70. The Morgan fingerprint density at radius 3 is 2.43 bits per heavy atom. The summed E-state index contributed by atoms with van der Waals surface area (Å²) in [5.74, 6) is 0. The molecule has 0 aliphatic heterocycles. The van der Waals surface area contributed by atoms with Crippen molar-refractivity contribution in [2.75, 3.05) is 0 Å². The first-order valence-electron chi connectivity index (χ1n) is 2.47. The van der Waals surface area contributed by atoms with Crippen molar-refractivity contribution in [2.24, 2.45) is 0 Å². The molecule has 43 valence electrons. The molecule has 0 aromatic heterocycles. The van der Waals surface area contributed by atoms with Gasteiger partial charge in [-0.3, -0.25) is 0 Å². The van der Waals surface area contributed by atoms with Gasteiger partial charge in [0.1, 0.15) is 0 Å². The fourth-order valence-electron chi connectivity index (χ4n) is 0.323. The highest BCUT2D eigenvalue weighted by Crippen LogP contribution is 2.09. The highest BCUT2D eigenvalue weighted by Gasteiger charge is 1.95. The molecule has 1 N–H and O–H groups in total. The van der Waals surface area contributed by atoms with Crippen LogP contribution in [-0.4, -0.2) is 5.11 Å². The van der Waals surface area contributed by atoms with E-state index in [2.05, 4.69) is 6.92 Å². The van der Waals surface area contributed by atoms with Gasteiger partial charge in [-0.2, -0.15) is 0 Å². The molecule has 0 aromatic carbocycles. The third-order valence-electron chi connectivity index (χ3n) is 0.737. The van der Waals surface area contributed by atoms with Gasteiger partial charge in [-0.05, 0) is 12.8 Å². The molecule has 0 aliphatic carbocycles. The smallest absolute Gasteiger partial charge is 0.181 e. The van der Waals surface area contributed by atoms with Crippen LogP contribution in [0.15, 0.2) is 0 Å². The van der Waals surface area contributed by atoms with Crippen molar-refractivity contribution in [1.82, 2.24) is 0 Å². The lowest BCUT2D eigenvalue weighted by molar-refractivity contribution is 0.341. The van der Waals surface area contributed by atoms with Crippen LogP contribution in [0, 0.1) is 5.56 Å². The molecule has 0 heterocycles. The second-order valence-electron chi connectivity index (χ2n) is 1.48. The van der Waals surface area contributed by atoms with Crippen molar-refractivity contribution in [2.45, 2.75) is 26.2 Å². The molecule has 0 saturated heterocycles. The number of aliphatic hydroxyl groups is 1. The van der Waals surface area contributed by atoms with E-state index in [0.717, 1.165) is 12.8 Å². The first-order chi connectivity index (χ1) is 3.27. The monoisotopic (exact) mass is 121 g/mol. The second-order valence-corrected chi connectivity index (χ2v) is 1.92. The van der Waals surface area contributed by atoms with Crippen LogP contribution in [0.1, 0.15) is 26.2 Å². The first kappa shape index (κ1) is 7.25. The average Bonchev–Trinajstić information content (AvgIpc) is 1.61. The summed E-state index contributed by atoms with van der Waals surface area (Å²) < 4.78 is 0. The summed E-state index contributed by atoms with van der Waals surface area (Å²) in [6, 6.07) is 0. The van der Waals surface area contributed by atoms with Crippen LogP contribution in [0.2, 0.25) is 0 Å². The van der Waals surface area contributed by atoms with E-state index in [1.54, 1.807) is 0 Å². The minimum atomic E-state index is 0.0295. The van der Waals surface area contributed by atoms with Crippen molar-refractivity contribution in [1.29, 1.82) is 0 Å². The summed E-state index contributed by atoms with van der Waals surface area (Å²) >= 11 is 5.13. The van der Waals surface area contributed by atoms with Gasteiger partial charge in [0.05, 0.1) is 0 Å². The molecule has 2 heteroatoms. The Labute approximate surface area is 49.3 Å². The zero-order valence-electron chi connectivity index (χ0n) is 4.45. The molecule has 0 unspecified atom stereocenters. The molecular weight excluding hydrogens is 112 g/mol. The molecule has 0 bridgehead atoms. The number of unbranched alkanes of at least 4 members (excludes halogenated alkanes) is 1. The van der Waals surface area contributed by atoms with Crippen LogP contribution in [-0.2, 0) is 0 Å². The Bertz CT molecular complexity index is 37.1. The van der Waals surface area contributed by atoms with Crippen molar-refractivity contribution < 1.29 is 5.11 Å². The van der Waals surface area contributed by atoms with E-state index in [0.29, 0.717) is 6.42 Å². The maximum atomic E-state index is 8.37. The molecule has 0 aliphatic rings. The van der Waals surface area contributed by atoms with E-state index in [1.807, 2.05) is 0 Å². The van der Waals surface area contributed by atoms with Crippen LogP contribution in [0.4, 0.5) is 0 Å². The number of hydrogen-bond donors (Lipinski definition) is 1. The molecule has 0 amide bonds. The highest BCUT2D eigenvalue weighted by molar-refractivity contribution is 6.25. The average molecular weight is 122 g/mol. The van der Waals surface area contributed by atoms with Gasteiger partial charge < -0.3 is 5.11 Å². The number of rotatable bonds is 3. The Kier molecular flexibility index (Phi) is 4.57. The molecule has 0 aromatic rings. The van der Waals surface area contributed by atoms with Gasteiger partial charge in [0, 0.05) is 0 Å². The fourth-order valence-corrected chi connectivity index (χ4v) is 0.456. The van der Waals surface area contributed by atoms with Crippen molar-refractivity contribution in [3.8, 4) is 0 Å². The first-order valence-corrected chi connectivity index (χ1v) is 2.85. The Balaban J connectivity index is 2.68. The van der Waals surface area contributed by atoms with E-state index < -0.39 is 0 Å². The predicted octanol–water partition coefficient (Wildman–Crippen LogP) is 2.28. The highest BCUT2D eigenvalue weighted by atomic mass is 35.5. The predicted molar refractivity (Wildman–Crippen MR) is 30.6 cm³/mol. The second kappa shape index (κ2) is 4.41. The summed E-state index contributed by atoms with van der Waals surface area (Å²) in [4.78, 5) is 0. The van der Waals surface area contributed by atoms with E-state index in [-0.39, 0.29) is 5.56 Å². The van der Waals surface area contributed by atoms with Crippen molar-refractivity contribution in [3.63, 3.8) is 0 Å². The zero-order chi connectivity index (χ0) is 5.70.